The van der Waals surface area contributed by atoms with E-state index in [0.29, 0.717) is 0 Å². The predicted molar refractivity (Wildman–Crippen MR) is 69.1 cm³/mol. The van der Waals surface area contributed by atoms with Crippen LogP contribution in [0.25, 0.3) is 0 Å². The Morgan fingerprint density at radius 1 is 1.25 bits per heavy atom. The molecule has 1 rings (SSSR count). The molecule has 2 N–H and O–H groups in total. The Hall–Kier alpha value is -0.740. The van der Waals surface area contributed by atoms with Gasteiger partial charge in [0.25, 0.3) is 0 Å². The van der Waals surface area contributed by atoms with Gasteiger partial charge in [0.2, 0.25) is 0 Å². The van der Waals surface area contributed by atoms with Gasteiger partial charge >= 0.3 is 0 Å². The maximum absolute atomic E-state index is 6.10. The molecule has 16 heavy (non-hydrogen) atoms. The maximum Gasteiger partial charge on any atom is 0.133 e. The van der Waals surface area contributed by atoms with Crippen LogP contribution in [0.15, 0.2) is 16.6 Å². The van der Waals surface area contributed by atoms with Crippen LogP contribution in [0.1, 0.15) is 31.4 Å². The van der Waals surface area contributed by atoms with Crippen LogP contribution in [0, 0.1) is 0 Å². The Bertz CT molecular complexity index is 355. The summed E-state index contributed by atoms with van der Waals surface area (Å²) in [4.78, 5) is 0. The molecule has 0 aromatic heterocycles. The zero-order chi connectivity index (χ0) is 12.1. The van der Waals surface area contributed by atoms with E-state index in [1.165, 1.54) is 0 Å². The van der Waals surface area contributed by atoms with Gasteiger partial charge in [-0.15, -0.1) is 0 Å². The largest absolute Gasteiger partial charge is 0.496 e. The van der Waals surface area contributed by atoms with Crippen molar-refractivity contribution in [3.05, 3.63) is 22.2 Å². The standard InChI is InChI=1S/C12H18BrNO2/c1-4-5-10(14)8-6-12(16-3)9(13)7-11(8)15-2/h6-7,10H,4-5,14H2,1-3H3/t10-/m0/s1. The molecule has 1 atom stereocenters. The monoisotopic (exact) mass is 287 g/mol. The van der Waals surface area contributed by atoms with Gasteiger partial charge in [-0.2, -0.15) is 0 Å². The molecule has 0 aliphatic heterocycles. The van der Waals surface area contributed by atoms with Crippen molar-refractivity contribution in [3.8, 4) is 11.5 Å². The molecule has 0 spiro atoms. The van der Waals surface area contributed by atoms with Crippen molar-refractivity contribution >= 4 is 15.9 Å². The second-order valence-corrected chi connectivity index (χ2v) is 4.48. The normalized spacial score (nSPS) is 12.3. The highest BCUT2D eigenvalue weighted by molar-refractivity contribution is 9.10. The first kappa shape index (κ1) is 13.3. The Labute approximate surface area is 105 Å². The van der Waals surface area contributed by atoms with E-state index < -0.39 is 0 Å². The quantitative estimate of drug-likeness (QED) is 0.904. The molecule has 0 aliphatic rings. The first-order chi connectivity index (χ1) is 7.63. The van der Waals surface area contributed by atoms with Gasteiger partial charge in [0.15, 0.2) is 0 Å². The zero-order valence-electron chi connectivity index (χ0n) is 9.92. The maximum atomic E-state index is 6.10. The molecular formula is C12H18BrNO2. The fraction of sp³-hybridized carbons (Fsp3) is 0.500. The number of hydrogen-bond acceptors (Lipinski definition) is 3. The highest BCUT2D eigenvalue weighted by atomic mass is 79.9. The molecule has 0 fully saturated rings. The molecule has 90 valence electrons. The minimum atomic E-state index is -0.0121. The van der Waals surface area contributed by atoms with Crippen LogP contribution in [-0.4, -0.2) is 14.2 Å². The molecule has 0 unspecified atom stereocenters. The van der Waals surface area contributed by atoms with Crippen molar-refractivity contribution in [2.24, 2.45) is 5.73 Å². The van der Waals surface area contributed by atoms with Crippen molar-refractivity contribution in [2.45, 2.75) is 25.8 Å². The van der Waals surface area contributed by atoms with Crippen molar-refractivity contribution in [1.82, 2.24) is 0 Å². The van der Waals surface area contributed by atoms with Crippen LogP contribution in [-0.2, 0) is 0 Å². The van der Waals surface area contributed by atoms with Gasteiger partial charge in [0.05, 0.1) is 18.7 Å². The van der Waals surface area contributed by atoms with Crippen molar-refractivity contribution < 1.29 is 9.47 Å². The highest BCUT2D eigenvalue weighted by Crippen LogP contribution is 2.36. The highest BCUT2D eigenvalue weighted by Gasteiger charge is 2.14. The third-order valence-corrected chi connectivity index (χ3v) is 3.12. The third-order valence-electron chi connectivity index (χ3n) is 2.50. The number of halogens is 1. The minimum absolute atomic E-state index is 0.0121. The second kappa shape index (κ2) is 6.11. The lowest BCUT2D eigenvalue weighted by Crippen LogP contribution is -2.11. The van der Waals surface area contributed by atoms with Gasteiger partial charge in [0.1, 0.15) is 11.5 Å². The lowest BCUT2D eigenvalue weighted by Gasteiger charge is -2.17. The van der Waals surface area contributed by atoms with Crippen LogP contribution in [0.5, 0.6) is 11.5 Å². The summed E-state index contributed by atoms with van der Waals surface area (Å²) in [6.07, 6.45) is 1.98. The van der Waals surface area contributed by atoms with Crippen LogP contribution in [0.2, 0.25) is 0 Å². The van der Waals surface area contributed by atoms with Crippen LogP contribution < -0.4 is 15.2 Å². The number of benzene rings is 1. The number of rotatable bonds is 5. The first-order valence-corrected chi connectivity index (χ1v) is 6.10. The number of hydrogen-bond donors (Lipinski definition) is 1. The van der Waals surface area contributed by atoms with Crippen LogP contribution >= 0.6 is 15.9 Å². The van der Waals surface area contributed by atoms with Crippen LogP contribution in [0.3, 0.4) is 0 Å². The molecule has 1 aromatic carbocycles. The van der Waals surface area contributed by atoms with E-state index in [9.17, 15) is 0 Å². The molecule has 3 nitrogen and oxygen atoms in total. The summed E-state index contributed by atoms with van der Waals surface area (Å²) in [7, 11) is 3.29. The first-order valence-electron chi connectivity index (χ1n) is 5.31. The Balaban J connectivity index is 3.13. The lowest BCUT2D eigenvalue weighted by molar-refractivity contribution is 0.392. The summed E-state index contributed by atoms with van der Waals surface area (Å²) < 4.78 is 11.5. The second-order valence-electron chi connectivity index (χ2n) is 3.62. The molecule has 0 saturated heterocycles. The molecule has 0 heterocycles. The summed E-state index contributed by atoms with van der Waals surface area (Å²) >= 11 is 3.42. The summed E-state index contributed by atoms with van der Waals surface area (Å²) in [6, 6.07) is 3.81. The van der Waals surface area contributed by atoms with Gasteiger partial charge in [-0.3, -0.25) is 0 Å². The Morgan fingerprint density at radius 2 is 1.88 bits per heavy atom. The lowest BCUT2D eigenvalue weighted by atomic mass is 10.0. The summed E-state index contributed by atoms with van der Waals surface area (Å²) in [6.45, 7) is 2.11. The molecule has 0 aliphatic carbocycles. The fourth-order valence-corrected chi connectivity index (χ4v) is 2.12. The molecular weight excluding hydrogens is 270 g/mol. The third kappa shape index (κ3) is 2.89. The molecule has 0 saturated carbocycles. The van der Waals surface area contributed by atoms with Crippen LogP contribution in [0.4, 0.5) is 0 Å². The number of methoxy groups -OCH3 is 2. The molecule has 4 heteroatoms. The Morgan fingerprint density at radius 3 is 2.38 bits per heavy atom. The van der Waals surface area contributed by atoms with E-state index >= 15 is 0 Å². The van der Waals surface area contributed by atoms with Gasteiger partial charge in [-0.1, -0.05) is 13.3 Å². The smallest absolute Gasteiger partial charge is 0.133 e. The van der Waals surface area contributed by atoms with Gasteiger partial charge in [-0.05, 0) is 34.5 Å². The molecule has 0 radical (unpaired) electrons. The fourth-order valence-electron chi connectivity index (χ4n) is 1.64. The molecule has 0 bridgehead atoms. The molecule has 0 amide bonds. The zero-order valence-corrected chi connectivity index (χ0v) is 11.5. The summed E-state index contributed by atoms with van der Waals surface area (Å²) in [5, 5.41) is 0. The minimum Gasteiger partial charge on any atom is -0.496 e. The topological polar surface area (TPSA) is 44.5 Å². The van der Waals surface area contributed by atoms with E-state index in [0.717, 1.165) is 34.4 Å². The van der Waals surface area contributed by atoms with Gasteiger partial charge < -0.3 is 15.2 Å². The Kier molecular flexibility index (Phi) is 5.09. The van der Waals surface area contributed by atoms with Gasteiger partial charge in [-0.25, -0.2) is 0 Å². The predicted octanol–water partition coefficient (Wildman–Crippen LogP) is 3.27. The average Bonchev–Trinajstić information content (AvgIpc) is 2.28. The summed E-state index contributed by atoms with van der Waals surface area (Å²) in [5.74, 6) is 1.58. The van der Waals surface area contributed by atoms with E-state index in [1.54, 1.807) is 14.2 Å². The summed E-state index contributed by atoms with van der Waals surface area (Å²) in [5.41, 5.74) is 7.09. The van der Waals surface area contributed by atoms with E-state index in [4.69, 9.17) is 15.2 Å². The van der Waals surface area contributed by atoms with E-state index in [-0.39, 0.29) is 6.04 Å². The van der Waals surface area contributed by atoms with E-state index in [2.05, 4.69) is 22.9 Å². The SMILES string of the molecule is CCC[C@H](N)c1cc(OC)c(Br)cc1OC. The number of ether oxygens (including phenoxy) is 2. The van der Waals surface area contributed by atoms with Crippen molar-refractivity contribution in [2.75, 3.05) is 14.2 Å². The van der Waals surface area contributed by atoms with Crippen molar-refractivity contribution in [3.63, 3.8) is 0 Å². The van der Waals surface area contributed by atoms with Gasteiger partial charge in [0, 0.05) is 11.6 Å². The number of nitrogens with two attached hydrogens (primary N) is 1. The average molecular weight is 288 g/mol. The van der Waals surface area contributed by atoms with Crippen molar-refractivity contribution in [1.29, 1.82) is 0 Å². The van der Waals surface area contributed by atoms with E-state index in [1.807, 2.05) is 12.1 Å². The molecule has 1 aromatic rings.